The predicted octanol–water partition coefficient (Wildman–Crippen LogP) is 5.78. The third kappa shape index (κ3) is 44.1. The maximum atomic E-state index is 10.1. The molecule has 0 saturated heterocycles. The molecule has 0 aromatic carbocycles. The van der Waals surface area contributed by atoms with Gasteiger partial charge in [0.15, 0.2) is 0 Å². The first-order chi connectivity index (χ1) is 16.6. The van der Waals surface area contributed by atoms with Crippen LogP contribution in [0.1, 0.15) is 155 Å². The van der Waals surface area contributed by atoms with E-state index in [4.69, 9.17) is 0 Å². The van der Waals surface area contributed by atoms with E-state index >= 15 is 0 Å². The van der Waals surface area contributed by atoms with Crippen LogP contribution in [0.4, 0.5) is 0 Å². The molecule has 0 N–H and O–H groups in total. The molecule has 36 heavy (non-hydrogen) atoms. The van der Waals surface area contributed by atoms with Crippen molar-refractivity contribution in [3.63, 3.8) is 0 Å². The van der Waals surface area contributed by atoms with Crippen molar-refractivity contribution in [1.29, 1.82) is 0 Å². The van der Waals surface area contributed by atoms with E-state index in [1.165, 1.54) is 129 Å². The van der Waals surface area contributed by atoms with E-state index in [2.05, 4.69) is 39.2 Å². The van der Waals surface area contributed by atoms with Crippen LogP contribution in [0.3, 0.4) is 0 Å². The van der Waals surface area contributed by atoms with E-state index in [1.54, 1.807) is 0 Å². The van der Waals surface area contributed by atoms with E-state index < -0.39 is 10.4 Å². The van der Waals surface area contributed by atoms with E-state index in [0.717, 1.165) is 17.3 Å². The first-order valence-electron chi connectivity index (χ1n) is 15.0. The minimum absolute atomic E-state index is 0. The van der Waals surface area contributed by atoms with Gasteiger partial charge >= 0.3 is 0 Å². The standard InChI is InChI=1S/C17H38N.C12H26O4S.ClH/c1-5-6-7-8-9-10-11-12-13-14-15-16-17-18(2,3)4;1-2-3-4-5-6-7-8-9-10-11-12-16-17(13,14)15;/h5-17H2,1-4H3;2-12H2,1H3,(H,13,14,15);1H/q+1;;/p-2. The normalized spacial score (nSPS) is 11.6. The minimum Gasteiger partial charge on any atom is -1.00 e. The molecule has 0 spiro atoms. The summed E-state index contributed by atoms with van der Waals surface area (Å²) in [7, 11) is 2.39. The van der Waals surface area contributed by atoms with Crippen molar-refractivity contribution in [1.82, 2.24) is 0 Å². The summed E-state index contributed by atoms with van der Waals surface area (Å²) in [5.74, 6) is 0. The average molecular weight is 557 g/mol. The Labute approximate surface area is 233 Å². The van der Waals surface area contributed by atoms with Crippen LogP contribution in [0, 0.1) is 0 Å². The van der Waals surface area contributed by atoms with Gasteiger partial charge in [0.1, 0.15) is 0 Å². The molecule has 0 heterocycles. The fraction of sp³-hybridized carbons (Fsp3) is 1.00. The molecule has 0 aliphatic rings. The molecule has 5 nitrogen and oxygen atoms in total. The van der Waals surface area contributed by atoms with Crippen LogP contribution in [0.25, 0.3) is 0 Å². The molecule has 0 bridgehead atoms. The number of unbranched alkanes of at least 4 members (excludes halogenated alkanes) is 20. The van der Waals surface area contributed by atoms with Gasteiger partial charge < -0.3 is 21.4 Å². The number of nitrogens with zero attached hydrogens (tertiary/aromatic N) is 1. The zero-order chi connectivity index (χ0) is 26.7. The molecular weight excluding hydrogens is 494 g/mol. The molecule has 7 heteroatoms. The lowest BCUT2D eigenvalue weighted by atomic mass is 10.1. The van der Waals surface area contributed by atoms with Crippen LogP contribution in [0.15, 0.2) is 0 Å². The van der Waals surface area contributed by atoms with Crippen molar-refractivity contribution in [3.05, 3.63) is 0 Å². The Balaban J connectivity index is -0.000000590. The van der Waals surface area contributed by atoms with Gasteiger partial charge in [0, 0.05) is 0 Å². The predicted molar refractivity (Wildman–Crippen MR) is 151 cm³/mol. The van der Waals surface area contributed by atoms with Gasteiger partial charge in [-0.15, -0.1) is 0 Å². The van der Waals surface area contributed by atoms with E-state index in [-0.39, 0.29) is 19.0 Å². The van der Waals surface area contributed by atoms with E-state index in [0.29, 0.717) is 6.42 Å². The molecule has 0 radical (unpaired) electrons. The second-order valence-electron chi connectivity index (χ2n) is 11.3. The van der Waals surface area contributed by atoms with Crippen LogP contribution in [-0.4, -0.2) is 51.7 Å². The Morgan fingerprint density at radius 2 is 0.806 bits per heavy atom. The lowest BCUT2D eigenvalue weighted by molar-refractivity contribution is -0.870. The average Bonchev–Trinajstić information content (AvgIpc) is 2.77. The van der Waals surface area contributed by atoms with Gasteiger partial charge in [-0.05, 0) is 19.3 Å². The third-order valence-electron chi connectivity index (χ3n) is 6.41. The lowest BCUT2D eigenvalue weighted by Gasteiger charge is -2.23. The largest absolute Gasteiger partial charge is 1.00 e. The summed E-state index contributed by atoms with van der Waals surface area (Å²) in [6.45, 7) is 5.86. The Morgan fingerprint density at radius 1 is 0.528 bits per heavy atom. The summed E-state index contributed by atoms with van der Waals surface area (Å²) in [4.78, 5) is 0. The highest BCUT2D eigenvalue weighted by molar-refractivity contribution is 7.80. The van der Waals surface area contributed by atoms with Gasteiger partial charge in [-0.1, -0.05) is 136 Å². The van der Waals surface area contributed by atoms with Crippen molar-refractivity contribution >= 4 is 10.4 Å². The molecule has 0 atom stereocenters. The van der Waals surface area contributed by atoms with Crippen LogP contribution in [0.2, 0.25) is 0 Å². The Kier molecular flexibility index (Phi) is 33.5. The summed E-state index contributed by atoms with van der Waals surface area (Å²) < 4.78 is 35.6. The van der Waals surface area contributed by atoms with Crippen molar-refractivity contribution < 1.29 is 34.0 Å². The molecule has 222 valence electrons. The topological polar surface area (TPSA) is 66.4 Å². The van der Waals surface area contributed by atoms with Gasteiger partial charge in [0.05, 0.1) is 34.3 Å². The van der Waals surface area contributed by atoms with Gasteiger partial charge in [0.2, 0.25) is 10.4 Å². The maximum Gasteiger partial charge on any atom is 0.217 e. The number of quaternary nitrogens is 1. The van der Waals surface area contributed by atoms with Crippen LogP contribution < -0.4 is 12.4 Å². The highest BCUT2D eigenvalue weighted by Crippen LogP contribution is 2.12. The number of halogens is 1. The summed E-state index contributed by atoms with van der Waals surface area (Å²) in [5, 5.41) is 0. The van der Waals surface area contributed by atoms with Crippen molar-refractivity contribution in [2.45, 2.75) is 155 Å². The lowest BCUT2D eigenvalue weighted by Crippen LogP contribution is -3.00. The first-order valence-corrected chi connectivity index (χ1v) is 16.4. The summed E-state index contributed by atoms with van der Waals surface area (Å²) in [5.41, 5.74) is 0. The molecule has 0 rings (SSSR count). The van der Waals surface area contributed by atoms with Crippen molar-refractivity contribution in [3.8, 4) is 0 Å². The SMILES string of the molecule is CCCCCCCCCCCCCC[N+](C)(C)C.CCCCCCCCCCCCOS(=O)(=O)[O-].[Cl-]. The molecular formula is C29H63ClNO4S-. The Bertz CT molecular complexity index is 510. The Morgan fingerprint density at radius 3 is 1.08 bits per heavy atom. The van der Waals surface area contributed by atoms with E-state index in [9.17, 15) is 13.0 Å². The molecule has 0 aromatic rings. The van der Waals surface area contributed by atoms with Gasteiger partial charge in [-0.3, -0.25) is 4.18 Å². The van der Waals surface area contributed by atoms with Gasteiger partial charge in [-0.25, -0.2) is 8.42 Å². The molecule has 0 aliphatic heterocycles. The fourth-order valence-electron chi connectivity index (χ4n) is 4.18. The van der Waals surface area contributed by atoms with Crippen molar-refractivity contribution in [2.75, 3.05) is 34.3 Å². The van der Waals surface area contributed by atoms with Crippen LogP contribution in [-0.2, 0) is 14.6 Å². The van der Waals surface area contributed by atoms with Crippen LogP contribution >= 0.6 is 0 Å². The van der Waals surface area contributed by atoms with Crippen molar-refractivity contribution in [2.24, 2.45) is 0 Å². The molecule has 0 saturated carbocycles. The third-order valence-corrected chi connectivity index (χ3v) is 6.86. The molecule has 0 amide bonds. The maximum absolute atomic E-state index is 10.1. The molecule has 0 aliphatic carbocycles. The summed E-state index contributed by atoms with van der Waals surface area (Å²) in [6.07, 6.45) is 29.1. The molecule has 0 aromatic heterocycles. The zero-order valence-electron chi connectivity index (χ0n) is 24.8. The number of hydrogen-bond acceptors (Lipinski definition) is 4. The highest BCUT2D eigenvalue weighted by Gasteiger charge is 2.05. The van der Waals surface area contributed by atoms with Gasteiger partial charge in [-0.2, -0.15) is 0 Å². The first kappa shape index (κ1) is 40.6. The quantitative estimate of drug-likeness (QED) is 0.0618. The summed E-state index contributed by atoms with van der Waals surface area (Å²) in [6, 6.07) is 0. The summed E-state index contributed by atoms with van der Waals surface area (Å²) >= 11 is 0. The number of hydrogen-bond donors (Lipinski definition) is 0. The van der Waals surface area contributed by atoms with E-state index in [1.807, 2.05) is 0 Å². The van der Waals surface area contributed by atoms with Crippen LogP contribution in [0.5, 0.6) is 0 Å². The molecule has 0 fully saturated rings. The smallest absolute Gasteiger partial charge is 0.217 e. The second kappa shape index (κ2) is 29.7. The zero-order valence-corrected chi connectivity index (χ0v) is 26.4. The fourth-order valence-corrected chi connectivity index (χ4v) is 4.50. The van der Waals surface area contributed by atoms with Gasteiger partial charge in [0.25, 0.3) is 0 Å². The second-order valence-corrected chi connectivity index (χ2v) is 12.4. The monoisotopic (exact) mass is 556 g/mol. The number of rotatable bonds is 25. The highest BCUT2D eigenvalue weighted by atomic mass is 35.5. The minimum atomic E-state index is -4.48. The Hall–Kier alpha value is 0.120. The molecule has 0 unspecified atom stereocenters.